The first kappa shape index (κ1) is 7.41. The lowest BCUT2D eigenvalue weighted by Gasteiger charge is -2.49. The van der Waals surface area contributed by atoms with Crippen molar-refractivity contribution in [1.29, 1.82) is 0 Å². The van der Waals surface area contributed by atoms with Crippen molar-refractivity contribution >= 4 is 0 Å². The molecule has 0 radical (unpaired) electrons. The van der Waals surface area contributed by atoms with E-state index >= 15 is 0 Å². The topological polar surface area (TPSA) is 0 Å². The minimum Gasteiger partial charge on any atom is -0.0528 e. The first-order valence-corrected chi connectivity index (χ1v) is 5.89. The van der Waals surface area contributed by atoms with E-state index in [1.54, 1.807) is 51.4 Å². The van der Waals surface area contributed by atoms with Gasteiger partial charge >= 0.3 is 0 Å². The van der Waals surface area contributed by atoms with Crippen LogP contribution in [0, 0.1) is 17.3 Å². The third kappa shape index (κ3) is 0.900. The molecule has 3 rings (SSSR count). The standard InChI is InChI=1S/C12H20/c1-3-10(4-1)9-12-7-2-5-11(12)6-8-12/h10-11H,1-9H2. The Morgan fingerprint density at radius 3 is 2.33 bits per heavy atom. The van der Waals surface area contributed by atoms with Crippen molar-refractivity contribution in [3.8, 4) is 0 Å². The highest BCUT2D eigenvalue weighted by molar-refractivity contribution is 5.01. The van der Waals surface area contributed by atoms with Gasteiger partial charge in [-0.2, -0.15) is 0 Å². The molecule has 0 spiro atoms. The number of hydrogen-bond donors (Lipinski definition) is 0. The first-order chi connectivity index (χ1) is 5.89. The van der Waals surface area contributed by atoms with Crippen LogP contribution in [-0.2, 0) is 0 Å². The van der Waals surface area contributed by atoms with Crippen LogP contribution < -0.4 is 0 Å². The molecular formula is C12H20. The molecule has 0 saturated heterocycles. The van der Waals surface area contributed by atoms with E-state index in [1.165, 1.54) is 12.3 Å². The summed E-state index contributed by atoms with van der Waals surface area (Å²) < 4.78 is 0. The van der Waals surface area contributed by atoms with Gasteiger partial charge in [-0.3, -0.25) is 0 Å². The molecule has 0 heteroatoms. The zero-order chi connectivity index (χ0) is 8.02. The van der Waals surface area contributed by atoms with Crippen LogP contribution in [-0.4, -0.2) is 0 Å². The summed E-state index contributed by atoms with van der Waals surface area (Å²) in [5, 5.41) is 0. The fraction of sp³-hybridized carbons (Fsp3) is 1.00. The van der Waals surface area contributed by atoms with Gasteiger partial charge in [-0.15, -0.1) is 0 Å². The molecule has 68 valence electrons. The maximum absolute atomic E-state index is 1.62. The van der Waals surface area contributed by atoms with E-state index in [0.29, 0.717) is 0 Å². The summed E-state index contributed by atoms with van der Waals surface area (Å²) >= 11 is 0. The zero-order valence-electron chi connectivity index (χ0n) is 8.02. The second-order valence-corrected chi connectivity index (χ2v) is 5.49. The second kappa shape index (κ2) is 2.49. The maximum atomic E-state index is 1.62. The minimum atomic E-state index is 0.908. The third-order valence-corrected chi connectivity index (χ3v) is 5.00. The van der Waals surface area contributed by atoms with Crippen LogP contribution in [0.4, 0.5) is 0 Å². The minimum absolute atomic E-state index is 0.908. The van der Waals surface area contributed by atoms with Gasteiger partial charge in [0, 0.05) is 0 Å². The molecular weight excluding hydrogens is 144 g/mol. The van der Waals surface area contributed by atoms with Gasteiger partial charge in [0.1, 0.15) is 0 Å². The molecule has 0 nitrogen and oxygen atoms in total. The Balaban J connectivity index is 1.65. The molecule has 0 aromatic heterocycles. The Hall–Kier alpha value is 0. The Morgan fingerprint density at radius 2 is 1.83 bits per heavy atom. The third-order valence-electron chi connectivity index (χ3n) is 5.00. The second-order valence-electron chi connectivity index (χ2n) is 5.49. The van der Waals surface area contributed by atoms with E-state index in [4.69, 9.17) is 0 Å². The largest absolute Gasteiger partial charge is 0.0528 e. The number of fused-ring (bicyclic) bond motifs is 1. The van der Waals surface area contributed by atoms with E-state index in [0.717, 1.165) is 11.3 Å². The molecule has 2 atom stereocenters. The molecule has 3 fully saturated rings. The van der Waals surface area contributed by atoms with E-state index < -0.39 is 0 Å². The van der Waals surface area contributed by atoms with Crippen molar-refractivity contribution in [3.05, 3.63) is 0 Å². The highest BCUT2D eigenvalue weighted by Gasteiger charge is 2.50. The molecule has 0 heterocycles. The summed E-state index contributed by atoms with van der Waals surface area (Å²) in [4.78, 5) is 0. The maximum Gasteiger partial charge on any atom is -0.0266 e. The SMILES string of the molecule is C1CC(CC23CCCC2CC3)C1. The molecule has 0 amide bonds. The van der Waals surface area contributed by atoms with Gasteiger partial charge in [0.15, 0.2) is 0 Å². The molecule has 0 N–H and O–H groups in total. The van der Waals surface area contributed by atoms with Crippen molar-refractivity contribution < 1.29 is 0 Å². The Morgan fingerprint density at radius 1 is 0.917 bits per heavy atom. The smallest absolute Gasteiger partial charge is 0.0266 e. The lowest BCUT2D eigenvalue weighted by molar-refractivity contribution is 0.0192. The van der Waals surface area contributed by atoms with Gasteiger partial charge in [0.2, 0.25) is 0 Å². The van der Waals surface area contributed by atoms with Crippen LogP contribution in [0.1, 0.15) is 57.8 Å². The molecule has 3 saturated carbocycles. The molecule has 0 aromatic carbocycles. The lowest BCUT2D eigenvalue weighted by Crippen LogP contribution is -2.38. The van der Waals surface area contributed by atoms with E-state index in [2.05, 4.69) is 0 Å². The highest BCUT2D eigenvalue weighted by Crippen LogP contribution is 2.61. The van der Waals surface area contributed by atoms with Crippen molar-refractivity contribution in [3.63, 3.8) is 0 Å². The van der Waals surface area contributed by atoms with Crippen LogP contribution >= 0.6 is 0 Å². The summed E-state index contributed by atoms with van der Waals surface area (Å²) in [5.41, 5.74) is 0.908. The van der Waals surface area contributed by atoms with Crippen molar-refractivity contribution in [2.75, 3.05) is 0 Å². The fourth-order valence-corrected chi connectivity index (χ4v) is 3.88. The van der Waals surface area contributed by atoms with Gasteiger partial charge in [-0.05, 0) is 49.4 Å². The van der Waals surface area contributed by atoms with Gasteiger partial charge in [-0.25, -0.2) is 0 Å². The molecule has 3 aliphatic carbocycles. The van der Waals surface area contributed by atoms with Crippen LogP contribution in [0.2, 0.25) is 0 Å². The van der Waals surface area contributed by atoms with Crippen LogP contribution in [0.3, 0.4) is 0 Å². The summed E-state index contributed by atoms with van der Waals surface area (Å²) in [6, 6.07) is 0. The summed E-state index contributed by atoms with van der Waals surface area (Å²) in [6.07, 6.45) is 14.2. The van der Waals surface area contributed by atoms with Gasteiger partial charge in [-0.1, -0.05) is 25.7 Å². The van der Waals surface area contributed by atoms with Crippen LogP contribution in [0.15, 0.2) is 0 Å². The average molecular weight is 164 g/mol. The van der Waals surface area contributed by atoms with Gasteiger partial charge in [0.25, 0.3) is 0 Å². The van der Waals surface area contributed by atoms with E-state index in [1.807, 2.05) is 0 Å². The summed E-state index contributed by atoms with van der Waals surface area (Å²) in [6.45, 7) is 0. The van der Waals surface area contributed by atoms with Crippen LogP contribution in [0.25, 0.3) is 0 Å². The fourth-order valence-electron chi connectivity index (χ4n) is 3.88. The molecule has 0 aromatic rings. The summed E-state index contributed by atoms with van der Waals surface area (Å²) in [5.74, 6) is 2.34. The molecule has 0 aliphatic heterocycles. The molecule has 2 unspecified atom stereocenters. The normalized spacial score (nSPS) is 46.5. The predicted molar refractivity (Wildman–Crippen MR) is 51.0 cm³/mol. The van der Waals surface area contributed by atoms with E-state index in [-0.39, 0.29) is 0 Å². The Labute approximate surface area is 75.7 Å². The van der Waals surface area contributed by atoms with Crippen molar-refractivity contribution in [2.45, 2.75) is 57.8 Å². The number of hydrogen-bond acceptors (Lipinski definition) is 0. The zero-order valence-corrected chi connectivity index (χ0v) is 8.02. The molecule has 3 aliphatic rings. The van der Waals surface area contributed by atoms with Gasteiger partial charge < -0.3 is 0 Å². The summed E-state index contributed by atoms with van der Waals surface area (Å²) in [7, 11) is 0. The Bertz CT molecular complexity index is 180. The monoisotopic (exact) mass is 164 g/mol. The van der Waals surface area contributed by atoms with Crippen LogP contribution in [0.5, 0.6) is 0 Å². The molecule has 12 heavy (non-hydrogen) atoms. The van der Waals surface area contributed by atoms with Gasteiger partial charge in [0.05, 0.1) is 0 Å². The quantitative estimate of drug-likeness (QED) is 0.583. The number of rotatable bonds is 2. The van der Waals surface area contributed by atoms with E-state index in [9.17, 15) is 0 Å². The lowest BCUT2D eigenvalue weighted by atomic mass is 9.56. The highest BCUT2D eigenvalue weighted by atomic mass is 14.5. The Kier molecular flexibility index (Phi) is 1.54. The average Bonchev–Trinajstić information content (AvgIpc) is 2.22. The van der Waals surface area contributed by atoms with Crippen molar-refractivity contribution in [2.24, 2.45) is 17.3 Å². The predicted octanol–water partition coefficient (Wildman–Crippen LogP) is 3.76. The molecule has 0 bridgehead atoms. The van der Waals surface area contributed by atoms with Crippen molar-refractivity contribution in [1.82, 2.24) is 0 Å². The first-order valence-electron chi connectivity index (χ1n) is 5.89.